The average molecular weight is 389 g/mol. The Labute approximate surface area is 159 Å². The van der Waals surface area contributed by atoms with Crippen molar-refractivity contribution in [1.82, 2.24) is 4.98 Å². The summed E-state index contributed by atoms with van der Waals surface area (Å²) in [5.41, 5.74) is 5.09. The van der Waals surface area contributed by atoms with Gasteiger partial charge in [0.2, 0.25) is 0 Å². The van der Waals surface area contributed by atoms with Crippen LogP contribution >= 0.6 is 11.6 Å². The third-order valence-electron chi connectivity index (χ3n) is 5.70. The summed E-state index contributed by atoms with van der Waals surface area (Å²) in [6.45, 7) is 0. The van der Waals surface area contributed by atoms with Gasteiger partial charge in [-0.05, 0) is 71.6 Å². The first-order chi connectivity index (χ1) is 12.4. The molecular formula is C20H21ClN2O2S. The molecule has 0 bridgehead atoms. The predicted octanol–water partition coefficient (Wildman–Crippen LogP) is 4.65. The third kappa shape index (κ3) is 3.31. The van der Waals surface area contributed by atoms with E-state index in [1.807, 2.05) is 18.2 Å². The van der Waals surface area contributed by atoms with E-state index in [2.05, 4.69) is 17.1 Å². The van der Waals surface area contributed by atoms with Crippen LogP contribution in [0, 0.1) is 5.41 Å². The van der Waals surface area contributed by atoms with Crippen molar-refractivity contribution in [3.63, 3.8) is 0 Å². The Hall–Kier alpha value is -1.69. The zero-order chi connectivity index (χ0) is 18.4. The maximum absolute atomic E-state index is 11.5. The van der Waals surface area contributed by atoms with Crippen LogP contribution in [0.5, 0.6) is 0 Å². The first-order valence-corrected chi connectivity index (χ1v) is 10.8. The molecule has 0 radical (unpaired) electrons. The molecule has 1 aromatic carbocycles. The molecule has 4 rings (SSSR count). The molecule has 2 N–H and O–H groups in total. The number of sulfonamides is 1. The minimum Gasteiger partial charge on any atom is -0.243 e. The maximum atomic E-state index is 11.5. The van der Waals surface area contributed by atoms with Crippen LogP contribution in [0.2, 0.25) is 5.02 Å². The highest BCUT2D eigenvalue weighted by Crippen LogP contribution is 2.57. The van der Waals surface area contributed by atoms with E-state index in [1.165, 1.54) is 48.5 Å². The lowest BCUT2D eigenvalue weighted by molar-refractivity contribution is 0.330. The fourth-order valence-corrected chi connectivity index (χ4v) is 5.02. The van der Waals surface area contributed by atoms with E-state index in [4.69, 9.17) is 16.7 Å². The highest BCUT2D eigenvalue weighted by Gasteiger charge is 2.41. The maximum Gasteiger partial charge on any atom is 0.255 e. The Kier molecular flexibility index (Phi) is 4.41. The predicted molar refractivity (Wildman–Crippen MR) is 104 cm³/mol. The second-order valence-electron chi connectivity index (χ2n) is 7.45. The van der Waals surface area contributed by atoms with Crippen molar-refractivity contribution in [3.8, 4) is 0 Å². The molecule has 0 saturated heterocycles. The van der Waals surface area contributed by atoms with Crippen LogP contribution in [0.15, 0.2) is 47.6 Å². The van der Waals surface area contributed by atoms with Gasteiger partial charge in [0.25, 0.3) is 10.0 Å². The number of allylic oxidation sites excluding steroid dienone is 2. The van der Waals surface area contributed by atoms with Crippen LogP contribution in [0.3, 0.4) is 0 Å². The number of hydrogen-bond donors (Lipinski definition) is 1. The van der Waals surface area contributed by atoms with Crippen LogP contribution in [0.1, 0.15) is 49.7 Å². The van der Waals surface area contributed by atoms with Gasteiger partial charge in [0.05, 0.1) is 0 Å². The summed E-state index contributed by atoms with van der Waals surface area (Å²) in [7, 11) is -3.78. The molecule has 2 aliphatic rings. The fourth-order valence-electron chi connectivity index (χ4n) is 4.44. The zero-order valence-electron chi connectivity index (χ0n) is 14.4. The number of benzene rings is 1. The van der Waals surface area contributed by atoms with Gasteiger partial charge in [-0.3, -0.25) is 0 Å². The van der Waals surface area contributed by atoms with E-state index in [0.717, 1.165) is 23.4 Å². The van der Waals surface area contributed by atoms with E-state index in [0.29, 0.717) is 5.41 Å². The normalized spacial score (nSPS) is 19.5. The lowest BCUT2D eigenvalue weighted by atomic mass is 9.81. The lowest BCUT2D eigenvalue weighted by Gasteiger charge is -2.23. The molecule has 0 aliphatic heterocycles. The molecule has 1 heterocycles. The summed E-state index contributed by atoms with van der Waals surface area (Å²) in [6.07, 6.45) is 8.77. The van der Waals surface area contributed by atoms with Gasteiger partial charge in [-0.15, -0.1) is 0 Å². The molecule has 26 heavy (non-hydrogen) atoms. The summed E-state index contributed by atoms with van der Waals surface area (Å²) in [6, 6.07) is 11.3. The monoisotopic (exact) mass is 388 g/mol. The minimum atomic E-state index is -3.78. The molecule has 136 valence electrons. The number of aromatic nitrogens is 1. The van der Waals surface area contributed by atoms with Gasteiger partial charge < -0.3 is 0 Å². The number of halogens is 1. The standard InChI is InChI=1S/C20H21ClN2O2S/c21-16-6-3-14(4-7-16)17-11-20(9-1-2-10-20)12-18(17)15-5-8-19(23-13-15)26(22,24)25/h3-8,13H,1-2,9-12H2,(H2,22,24,25). The van der Waals surface area contributed by atoms with Gasteiger partial charge in [-0.1, -0.05) is 42.6 Å². The summed E-state index contributed by atoms with van der Waals surface area (Å²) in [5, 5.41) is 5.80. The van der Waals surface area contributed by atoms with Gasteiger partial charge >= 0.3 is 0 Å². The van der Waals surface area contributed by atoms with Crippen LogP contribution in [-0.4, -0.2) is 13.4 Å². The van der Waals surface area contributed by atoms with Gasteiger partial charge in [-0.2, -0.15) is 0 Å². The van der Waals surface area contributed by atoms with E-state index in [1.54, 1.807) is 6.20 Å². The van der Waals surface area contributed by atoms with Crippen molar-refractivity contribution in [2.75, 3.05) is 0 Å². The summed E-state index contributed by atoms with van der Waals surface area (Å²) in [5.74, 6) is 0. The molecule has 0 atom stereocenters. The average Bonchev–Trinajstić information content (AvgIpc) is 3.22. The molecule has 1 spiro atoms. The largest absolute Gasteiger partial charge is 0.255 e. The first-order valence-electron chi connectivity index (χ1n) is 8.84. The SMILES string of the molecule is NS(=O)(=O)c1ccc(C2=C(c3ccc(Cl)cc3)CC3(CCCC3)C2)cn1. The van der Waals surface area contributed by atoms with Crippen LogP contribution in [-0.2, 0) is 10.0 Å². The topological polar surface area (TPSA) is 73.1 Å². The summed E-state index contributed by atoms with van der Waals surface area (Å²) in [4.78, 5) is 4.08. The number of pyridine rings is 1. The van der Waals surface area contributed by atoms with Crippen molar-refractivity contribution >= 4 is 32.8 Å². The zero-order valence-corrected chi connectivity index (χ0v) is 16.0. The van der Waals surface area contributed by atoms with E-state index in [9.17, 15) is 8.42 Å². The Morgan fingerprint density at radius 2 is 1.50 bits per heavy atom. The molecular weight excluding hydrogens is 368 g/mol. The highest BCUT2D eigenvalue weighted by molar-refractivity contribution is 7.89. The lowest BCUT2D eigenvalue weighted by Crippen LogP contribution is -2.14. The van der Waals surface area contributed by atoms with E-state index >= 15 is 0 Å². The quantitative estimate of drug-likeness (QED) is 0.831. The van der Waals surface area contributed by atoms with Crippen LogP contribution < -0.4 is 5.14 Å². The van der Waals surface area contributed by atoms with Crippen LogP contribution in [0.25, 0.3) is 11.1 Å². The molecule has 2 aromatic rings. The third-order valence-corrected chi connectivity index (χ3v) is 6.78. The van der Waals surface area contributed by atoms with Crippen molar-refractivity contribution in [1.29, 1.82) is 0 Å². The van der Waals surface area contributed by atoms with Crippen molar-refractivity contribution in [3.05, 3.63) is 58.7 Å². The molecule has 0 unspecified atom stereocenters. The number of primary sulfonamides is 1. The molecule has 2 aliphatic carbocycles. The molecule has 6 heteroatoms. The minimum absolute atomic E-state index is 0.0940. The summed E-state index contributed by atoms with van der Waals surface area (Å²) < 4.78 is 23.0. The van der Waals surface area contributed by atoms with E-state index < -0.39 is 10.0 Å². The Morgan fingerprint density at radius 3 is 2.04 bits per heavy atom. The Balaban J connectivity index is 1.78. The molecule has 1 aromatic heterocycles. The van der Waals surface area contributed by atoms with Crippen LogP contribution in [0.4, 0.5) is 0 Å². The number of nitrogens with two attached hydrogens (primary N) is 1. The molecule has 1 fully saturated rings. The van der Waals surface area contributed by atoms with E-state index in [-0.39, 0.29) is 5.03 Å². The second-order valence-corrected chi connectivity index (χ2v) is 9.40. The smallest absolute Gasteiger partial charge is 0.243 e. The number of nitrogens with zero attached hydrogens (tertiary/aromatic N) is 1. The van der Waals surface area contributed by atoms with Crippen molar-refractivity contribution in [2.24, 2.45) is 10.6 Å². The second kappa shape index (κ2) is 6.48. The Morgan fingerprint density at radius 1 is 0.923 bits per heavy atom. The van der Waals surface area contributed by atoms with Gasteiger partial charge in [0.15, 0.2) is 5.03 Å². The fraction of sp³-hybridized carbons (Fsp3) is 0.350. The van der Waals surface area contributed by atoms with Gasteiger partial charge in [-0.25, -0.2) is 18.5 Å². The number of rotatable bonds is 3. The first kappa shape index (κ1) is 17.7. The van der Waals surface area contributed by atoms with Crippen molar-refractivity contribution in [2.45, 2.75) is 43.6 Å². The molecule has 0 amide bonds. The molecule has 4 nitrogen and oxygen atoms in total. The summed E-state index contributed by atoms with van der Waals surface area (Å²) >= 11 is 6.06. The highest BCUT2D eigenvalue weighted by atomic mass is 35.5. The van der Waals surface area contributed by atoms with Gasteiger partial charge in [0, 0.05) is 11.2 Å². The molecule has 1 saturated carbocycles. The van der Waals surface area contributed by atoms with Crippen molar-refractivity contribution < 1.29 is 8.42 Å². The van der Waals surface area contributed by atoms with Gasteiger partial charge in [0.1, 0.15) is 0 Å². The number of hydrogen-bond acceptors (Lipinski definition) is 3. The Bertz CT molecular complexity index is 958.